The molecule has 1 aliphatic carbocycles. The third-order valence-electron chi connectivity index (χ3n) is 5.96. The number of carbonyl (C=O) groups is 3. The minimum absolute atomic E-state index is 0.00622. The zero-order valence-electron chi connectivity index (χ0n) is 16.7. The molecule has 2 N–H and O–H groups in total. The highest BCUT2D eigenvalue weighted by atomic mass is 16.2. The van der Waals surface area contributed by atoms with Crippen LogP contribution in [-0.2, 0) is 9.59 Å². The summed E-state index contributed by atoms with van der Waals surface area (Å²) in [7, 11) is 0. The number of piperidine rings is 1. The number of likely N-dealkylation sites (tertiary alicyclic amines) is 1. The Morgan fingerprint density at radius 3 is 2.36 bits per heavy atom. The molecule has 0 atom stereocenters. The fourth-order valence-corrected chi connectivity index (χ4v) is 4.15. The Morgan fingerprint density at radius 1 is 1.00 bits per heavy atom. The molecule has 0 aromatic heterocycles. The summed E-state index contributed by atoms with van der Waals surface area (Å²) in [5, 5.41) is 5.90. The van der Waals surface area contributed by atoms with Gasteiger partial charge in [-0.15, -0.1) is 0 Å². The van der Waals surface area contributed by atoms with Crippen LogP contribution < -0.4 is 10.6 Å². The van der Waals surface area contributed by atoms with E-state index >= 15 is 0 Å². The molecule has 3 amide bonds. The second kappa shape index (κ2) is 9.71. The summed E-state index contributed by atoms with van der Waals surface area (Å²) in [5.74, 6) is 0.0695. The van der Waals surface area contributed by atoms with Gasteiger partial charge in [-0.1, -0.05) is 37.5 Å². The zero-order valence-corrected chi connectivity index (χ0v) is 16.7. The largest absolute Gasteiger partial charge is 0.353 e. The Labute approximate surface area is 167 Å². The molecule has 1 aromatic rings. The number of rotatable bonds is 5. The first-order valence-corrected chi connectivity index (χ1v) is 10.5. The Kier molecular flexibility index (Phi) is 7.06. The molecule has 0 bridgehead atoms. The number of carbonyl (C=O) groups excluding carboxylic acids is 3. The summed E-state index contributed by atoms with van der Waals surface area (Å²) in [5.41, 5.74) is 1.49. The standard InChI is InChI=1S/C22H31N3O3/c1-16-7-5-6-10-19(16)22(28)23-15-20(26)25-13-11-18(12-14-25)24-21(27)17-8-3-2-4-9-17/h5-7,10,17-18H,2-4,8-9,11-15H2,1H3,(H,23,28)(H,24,27). The maximum atomic E-state index is 12.4. The lowest BCUT2D eigenvalue weighted by Crippen LogP contribution is -2.50. The Bertz CT molecular complexity index is 705. The molecule has 1 saturated heterocycles. The van der Waals surface area contributed by atoms with Crippen LogP contribution in [-0.4, -0.2) is 48.3 Å². The van der Waals surface area contributed by atoms with Gasteiger partial charge in [0.2, 0.25) is 11.8 Å². The van der Waals surface area contributed by atoms with Gasteiger partial charge in [0.25, 0.3) is 5.91 Å². The van der Waals surface area contributed by atoms with Gasteiger partial charge in [-0.2, -0.15) is 0 Å². The highest BCUT2D eigenvalue weighted by Crippen LogP contribution is 2.24. The molecule has 1 aliphatic heterocycles. The molecule has 6 heteroatoms. The Balaban J connectivity index is 1.39. The quantitative estimate of drug-likeness (QED) is 0.817. The van der Waals surface area contributed by atoms with Gasteiger partial charge in [0.15, 0.2) is 0 Å². The van der Waals surface area contributed by atoms with E-state index in [9.17, 15) is 14.4 Å². The molecule has 1 aromatic carbocycles. The van der Waals surface area contributed by atoms with Crippen LogP contribution in [0.3, 0.4) is 0 Å². The first-order valence-electron chi connectivity index (χ1n) is 10.5. The van der Waals surface area contributed by atoms with Gasteiger partial charge >= 0.3 is 0 Å². The topological polar surface area (TPSA) is 78.5 Å². The van der Waals surface area contributed by atoms with Crippen molar-refractivity contribution in [2.45, 2.75) is 57.9 Å². The van der Waals surface area contributed by atoms with Gasteiger partial charge < -0.3 is 15.5 Å². The van der Waals surface area contributed by atoms with E-state index in [1.807, 2.05) is 25.1 Å². The van der Waals surface area contributed by atoms with Crippen LogP contribution >= 0.6 is 0 Å². The fourth-order valence-electron chi connectivity index (χ4n) is 4.15. The number of nitrogens with zero attached hydrogens (tertiary/aromatic N) is 1. The monoisotopic (exact) mass is 385 g/mol. The molecule has 3 rings (SSSR count). The van der Waals surface area contributed by atoms with Crippen molar-refractivity contribution in [1.29, 1.82) is 0 Å². The van der Waals surface area contributed by atoms with Crippen molar-refractivity contribution < 1.29 is 14.4 Å². The number of amides is 3. The van der Waals surface area contributed by atoms with Crippen LogP contribution in [0.4, 0.5) is 0 Å². The summed E-state index contributed by atoms with van der Waals surface area (Å²) in [6.07, 6.45) is 7.10. The lowest BCUT2D eigenvalue weighted by molar-refractivity contribution is -0.131. The number of hydrogen-bond acceptors (Lipinski definition) is 3. The van der Waals surface area contributed by atoms with Gasteiger partial charge in [0.1, 0.15) is 0 Å². The number of aryl methyl sites for hydroxylation is 1. The maximum Gasteiger partial charge on any atom is 0.251 e. The highest BCUT2D eigenvalue weighted by molar-refractivity contribution is 5.97. The average Bonchev–Trinajstić information content (AvgIpc) is 2.73. The normalized spacial score (nSPS) is 18.5. The van der Waals surface area contributed by atoms with Crippen molar-refractivity contribution in [2.24, 2.45) is 5.92 Å². The van der Waals surface area contributed by atoms with Gasteiger partial charge in [-0.05, 0) is 44.2 Å². The SMILES string of the molecule is Cc1ccccc1C(=O)NCC(=O)N1CCC(NC(=O)C2CCCCC2)CC1. The summed E-state index contributed by atoms with van der Waals surface area (Å²) in [6, 6.07) is 7.49. The lowest BCUT2D eigenvalue weighted by atomic mass is 9.88. The molecule has 0 unspecified atom stereocenters. The number of hydrogen-bond donors (Lipinski definition) is 2. The van der Waals surface area contributed by atoms with E-state index in [0.717, 1.165) is 44.1 Å². The molecule has 2 fully saturated rings. The van der Waals surface area contributed by atoms with Crippen LogP contribution in [0.5, 0.6) is 0 Å². The zero-order chi connectivity index (χ0) is 19.9. The first kappa shape index (κ1) is 20.4. The van der Waals surface area contributed by atoms with E-state index in [2.05, 4.69) is 10.6 Å². The Hall–Kier alpha value is -2.37. The minimum Gasteiger partial charge on any atom is -0.353 e. The van der Waals surface area contributed by atoms with Gasteiger partial charge in [-0.3, -0.25) is 14.4 Å². The molecule has 28 heavy (non-hydrogen) atoms. The number of benzene rings is 1. The predicted octanol–water partition coefficient (Wildman–Crippen LogP) is 2.41. The molecule has 1 heterocycles. The van der Waals surface area contributed by atoms with Crippen molar-refractivity contribution in [2.75, 3.05) is 19.6 Å². The van der Waals surface area contributed by atoms with E-state index in [-0.39, 0.29) is 36.2 Å². The van der Waals surface area contributed by atoms with Crippen molar-refractivity contribution in [3.63, 3.8) is 0 Å². The van der Waals surface area contributed by atoms with Gasteiger partial charge in [-0.25, -0.2) is 0 Å². The van der Waals surface area contributed by atoms with Crippen molar-refractivity contribution in [3.05, 3.63) is 35.4 Å². The minimum atomic E-state index is -0.221. The van der Waals surface area contributed by atoms with Crippen LogP contribution in [0.15, 0.2) is 24.3 Å². The predicted molar refractivity (Wildman–Crippen MR) is 108 cm³/mol. The van der Waals surface area contributed by atoms with Crippen LogP contribution in [0.25, 0.3) is 0 Å². The van der Waals surface area contributed by atoms with Crippen LogP contribution in [0.1, 0.15) is 60.9 Å². The van der Waals surface area contributed by atoms with E-state index in [4.69, 9.17) is 0 Å². The Morgan fingerprint density at radius 2 is 1.68 bits per heavy atom. The van der Waals surface area contributed by atoms with E-state index in [0.29, 0.717) is 18.7 Å². The highest BCUT2D eigenvalue weighted by Gasteiger charge is 2.27. The van der Waals surface area contributed by atoms with Gasteiger partial charge in [0.05, 0.1) is 6.54 Å². The van der Waals surface area contributed by atoms with Crippen molar-refractivity contribution >= 4 is 17.7 Å². The molecule has 0 spiro atoms. The summed E-state index contributed by atoms with van der Waals surface area (Å²) < 4.78 is 0. The molecule has 1 saturated carbocycles. The fraction of sp³-hybridized carbons (Fsp3) is 0.591. The average molecular weight is 386 g/mol. The maximum absolute atomic E-state index is 12.4. The lowest BCUT2D eigenvalue weighted by Gasteiger charge is -2.33. The first-order chi connectivity index (χ1) is 13.5. The molecular formula is C22H31N3O3. The van der Waals surface area contributed by atoms with E-state index in [1.165, 1.54) is 6.42 Å². The summed E-state index contributed by atoms with van der Waals surface area (Å²) >= 11 is 0. The second-order valence-corrected chi connectivity index (χ2v) is 8.00. The van der Waals surface area contributed by atoms with Crippen LogP contribution in [0, 0.1) is 12.8 Å². The molecule has 0 radical (unpaired) electrons. The third kappa shape index (κ3) is 5.33. The third-order valence-corrected chi connectivity index (χ3v) is 5.96. The summed E-state index contributed by atoms with van der Waals surface area (Å²) in [4.78, 5) is 38.8. The van der Waals surface area contributed by atoms with Crippen molar-refractivity contribution in [3.8, 4) is 0 Å². The molecule has 152 valence electrons. The number of nitrogens with one attached hydrogen (secondary N) is 2. The molecule has 6 nitrogen and oxygen atoms in total. The van der Waals surface area contributed by atoms with Crippen molar-refractivity contribution in [1.82, 2.24) is 15.5 Å². The molecular weight excluding hydrogens is 354 g/mol. The molecule has 2 aliphatic rings. The second-order valence-electron chi connectivity index (χ2n) is 8.00. The van der Waals surface area contributed by atoms with E-state index < -0.39 is 0 Å². The smallest absolute Gasteiger partial charge is 0.251 e. The van der Waals surface area contributed by atoms with E-state index in [1.54, 1.807) is 11.0 Å². The summed E-state index contributed by atoms with van der Waals surface area (Å²) in [6.45, 7) is 3.12. The van der Waals surface area contributed by atoms with Crippen LogP contribution in [0.2, 0.25) is 0 Å². The van der Waals surface area contributed by atoms with Gasteiger partial charge in [0, 0.05) is 30.6 Å².